The number of nitrogens with one attached hydrogen (secondary N) is 2. The molecule has 7 nitrogen and oxygen atoms in total. The van der Waals surface area contributed by atoms with Crippen LogP contribution in [0.2, 0.25) is 0 Å². The second kappa shape index (κ2) is 6.83. The number of urea groups is 1. The average molecular weight is 364 g/mol. The zero-order valence-electron chi connectivity index (χ0n) is 16.4. The minimum absolute atomic E-state index is 0.00694. The third-order valence-electron chi connectivity index (χ3n) is 6.01. The maximum atomic E-state index is 13.1. The summed E-state index contributed by atoms with van der Waals surface area (Å²) < 4.78 is 0. The van der Waals surface area contributed by atoms with E-state index in [1.807, 2.05) is 0 Å². The van der Waals surface area contributed by atoms with Crippen LogP contribution in [0, 0.1) is 11.3 Å². The molecule has 2 atom stereocenters. The summed E-state index contributed by atoms with van der Waals surface area (Å²) >= 11 is 0. The van der Waals surface area contributed by atoms with Crippen LogP contribution in [0.5, 0.6) is 0 Å². The third kappa shape index (κ3) is 3.87. The van der Waals surface area contributed by atoms with E-state index in [1.54, 1.807) is 0 Å². The van der Waals surface area contributed by atoms with E-state index in [0.29, 0.717) is 18.8 Å². The number of carbonyl (C=O) groups is 3. The summed E-state index contributed by atoms with van der Waals surface area (Å²) in [4.78, 5) is 41.3. The molecule has 2 aliphatic heterocycles. The van der Waals surface area contributed by atoms with Gasteiger partial charge in [0.05, 0.1) is 0 Å². The van der Waals surface area contributed by atoms with E-state index in [4.69, 9.17) is 0 Å². The lowest BCUT2D eigenvalue weighted by Gasteiger charge is -2.43. The van der Waals surface area contributed by atoms with E-state index in [-0.39, 0.29) is 29.8 Å². The second-order valence-corrected chi connectivity index (χ2v) is 9.40. The van der Waals surface area contributed by atoms with Gasteiger partial charge < -0.3 is 15.5 Å². The fourth-order valence-electron chi connectivity index (χ4n) is 5.22. The van der Waals surface area contributed by atoms with Gasteiger partial charge in [-0.15, -0.1) is 0 Å². The topological polar surface area (TPSA) is 81.8 Å². The molecular weight excluding hydrogens is 332 g/mol. The first-order valence-electron chi connectivity index (χ1n) is 9.72. The van der Waals surface area contributed by atoms with Gasteiger partial charge in [-0.05, 0) is 63.6 Å². The van der Waals surface area contributed by atoms with Gasteiger partial charge in [0, 0.05) is 6.04 Å². The van der Waals surface area contributed by atoms with Crippen LogP contribution in [0.4, 0.5) is 4.79 Å². The summed E-state index contributed by atoms with van der Waals surface area (Å²) in [7, 11) is 2.07. The summed E-state index contributed by atoms with van der Waals surface area (Å²) in [6.07, 6.45) is 4.11. The normalized spacial score (nSPS) is 32.8. The Kier molecular flexibility index (Phi) is 5.03. The van der Waals surface area contributed by atoms with Crippen molar-refractivity contribution in [2.75, 3.05) is 26.7 Å². The standard InChI is InChI=1S/C19H32N4O3/c1-13-9-18(2,3)12-19(10-13)16(25)23(17(26)21-19)11-15(24)20-14-5-7-22(4)8-6-14/h13-14H,5-12H2,1-4H3,(H,20,24)(H,21,26). The van der Waals surface area contributed by atoms with Crippen molar-refractivity contribution >= 4 is 17.8 Å². The minimum Gasteiger partial charge on any atom is -0.352 e. The molecule has 2 saturated heterocycles. The van der Waals surface area contributed by atoms with Gasteiger partial charge in [0.15, 0.2) is 0 Å². The number of amides is 4. The molecule has 1 aliphatic carbocycles. The number of hydrogen-bond donors (Lipinski definition) is 2. The Balaban J connectivity index is 1.63. The first kappa shape index (κ1) is 19.1. The van der Waals surface area contributed by atoms with E-state index in [0.717, 1.165) is 37.3 Å². The Labute approximate surface area is 155 Å². The molecule has 0 aromatic rings. The van der Waals surface area contributed by atoms with Gasteiger partial charge in [-0.2, -0.15) is 0 Å². The number of carbonyl (C=O) groups excluding carboxylic acids is 3. The number of rotatable bonds is 3. The Hall–Kier alpha value is -1.63. The quantitative estimate of drug-likeness (QED) is 0.741. The highest BCUT2D eigenvalue weighted by Crippen LogP contribution is 2.46. The van der Waals surface area contributed by atoms with Crippen LogP contribution < -0.4 is 10.6 Å². The molecule has 0 aromatic carbocycles. The van der Waals surface area contributed by atoms with Crippen molar-refractivity contribution in [3.05, 3.63) is 0 Å². The van der Waals surface area contributed by atoms with Gasteiger partial charge in [0.2, 0.25) is 5.91 Å². The lowest BCUT2D eigenvalue weighted by atomic mass is 9.64. The molecule has 146 valence electrons. The minimum atomic E-state index is -0.841. The molecule has 3 rings (SSSR count). The Morgan fingerprint density at radius 1 is 1.23 bits per heavy atom. The van der Waals surface area contributed by atoms with Crippen LogP contribution >= 0.6 is 0 Å². The maximum Gasteiger partial charge on any atom is 0.325 e. The van der Waals surface area contributed by atoms with E-state index in [2.05, 4.69) is 43.4 Å². The first-order chi connectivity index (χ1) is 12.1. The molecule has 3 fully saturated rings. The zero-order valence-corrected chi connectivity index (χ0v) is 16.4. The van der Waals surface area contributed by atoms with Crippen LogP contribution in [-0.2, 0) is 9.59 Å². The molecule has 0 bridgehead atoms. The van der Waals surface area contributed by atoms with Crippen molar-refractivity contribution in [2.45, 2.75) is 64.5 Å². The second-order valence-electron chi connectivity index (χ2n) is 9.40. The van der Waals surface area contributed by atoms with Gasteiger partial charge in [0.25, 0.3) is 5.91 Å². The Morgan fingerprint density at radius 2 is 1.88 bits per heavy atom. The van der Waals surface area contributed by atoms with Crippen LogP contribution in [0.3, 0.4) is 0 Å². The highest BCUT2D eigenvalue weighted by molar-refractivity contribution is 6.09. The summed E-state index contributed by atoms with van der Waals surface area (Å²) in [5.74, 6) is -0.125. The molecule has 0 aromatic heterocycles. The maximum absolute atomic E-state index is 13.1. The molecular formula is C19H32N4O3. The number of imide groups is 1. The van der Waals surface area contributed by atoms with Crippen molar-refractivity contribution in [2.24, 2.45) is 11.3 Å². The molecule has 2 N–H and O–H groups in total. The fraction of sp³-hybridized carbons (Fsp3) is 0.842. The number of likely N-dealkylation sites (tertiary alicyclic amines) is 1. The summed E-state index contributed by atoms with van der Waals surface area (Å²) in [5.41, 5.74) is -0.848. The van der Waals surface area contributed by atoms with Crippen LogP contribution in [0.25, 0.3) is 0 Å². The monoisotopic (exact) mass is 364 g/mol. The SMILES string of the molecule is CC1CC(C)(C)CC2(C1)NC(=O)N(CC(=O)NC1CCN(C)CC1)C2=O. The van der Waals surface area contributed by atoms with E-state index >= 15 is 0 Å². The van der Waals surface area contributed by atoms with Crippen LogP contribution in [0.1, 0.15) is 52.9 Å². The number of nitrogens with zero attached hydrogens (tertiary/aromatic N) is 2. The summed E-state index contributed by atoms with van der Waals surface area (Å²) in [6.45, 7) is 8.11. The number of hydrogen-bond acceptors (Lipinski definition) is 4. The van der Waals surface area contributed by atoms with Crippen LogP contribution in [-0.4, -0.2) is 65.9 Å². The van der Waals surface area contributed by atoms with Gasteiger partial charge in [0.1, 0.15) is 12.1 Å². The van der Waals surface area contributed by atoms with Gasteiger partial charge in [-0.3, -0.25) is 14.5 Å². The lowest BCUT2D eigenvalue weighted by molar-refractivity contribution is -0.137. The lowest BCUT2D eigenvalue weighted by Crippen LogP contribution is -2.54. The molecule has 2 heterocycles. The van der Waals surface area contributed by atoms with Crippen molar-refractivity contribution in [1.82, 2.24) is 20.4 Å². The summed E-state index contributed by atoms with van der Waals surface area (Å²) in [5, 5.41) is 5.91. The van der Waals surface area contributed by atoms with Crippen LogP contribution in [0.15, 0.2) is 0 Å². The molecule has 3 aliphatic rings. The van der Waals surface area contributed by atoms with Gasteiger partial charge >= 0.3 is 6.03 Å². The van der Waals surface area contributed by atoms with Gasteiger partial charge in [-0.1, -0.05) is 20.8 Å². The Morgan fingerprint density at radius 3 is 2.50 bits per heavy atom. The van der Waals surface area contributed by atoms with E-state index in [9.17, 15) is 14.4 Å². The zero-order chi connectivity index (χ0) is 19.1. The largest absolute Gasteiger partial charge is 0.352 e. The van der Waals surface area contributed by atoms with E-state index < -0.39 is 11.6 Å². The molecule has 26 heavy (non-hydrogen) atoms. The van der Waals surface area contributed by atoms with Gasteiger partial charge in [-0.25, -0.2) is 4.79 Å². The predicted molar refractivity (Wildman–Crippen MR) is 98.4 cm³/mol. The fourth-order valence-corrected chi connectivity index (χ4v) is 5.22. The van der Waals surface area contributed by atoms with Crippen molar-refractivity contribution in [3.63, 3.8) is 0 Å². The summed E-state index contributed by atoms with van der Waals surface area (Å²) in [6, 6.07) is -0.305. The number of piperidine rings is 1. The predicted octanol–water partition coefficient (Wildman–Crippen LogP) is 1.33. The van der Waals surface area contributed by atoms with E-state index in [1.165, 1.54) is 0 Å². The molecule has 4 amide bonds. The highest BCUT2D eigenvalue weighted by Gasteiger charge is 2.56. The third-order valence-corrected chi connectivity index (χ3v) is 6.01. The van der Waals surface area contributed by atoms with Crippen molar-refractivity contribution in [3.8, 4) is 0 Å². The van der Waals surface area contributed by atoms with Crippen molar-refractivity contribution < 1.29 is 14.4 Å². The molecule has 2 unspecified atom stereocenters. The molecule has 0 radical (unpaired) electrons. The first-order valence-corrected chi connectivity index (χ1v) is 9.72. The average Bonchev–Trinajstić information content (AvgIpc) is 2.71. The molecule has 7 heteroatoms. The Bertz CT molecular complexity index is 598. The smallest absolute Gasteiger partial charge is 0.325 e. The molecule has 1 spiro atoms. The molecule has 1 saturated carbocycles. The highest BCUT2D eigenvalue weighted by atomic mass is 16.2. The van der Waals surface area contributed by atoms with Crippen molar-refractivity contribution in [1.29, 1.82) is 0 Å².